The Kier molecular flexibility index (Phi) is 3.90. The minimum atomic E-state index is -3.95. The minimum Gasteiger partial charge on any atom is -0.480 e. The monoisotopic (exact) mass is 250 g/mol. The summed E-state index contributed by atoms with van der Waals surface area (Å²) in [5.41, 5.74) is 0. The van der Waals surface area contributed by atoms with Gasteiger partial charge in [0, 0.05) is 0 Å². The number of aliphatic carboxylic acids is 1. The average molecular weight is 250 g/mol. The highest BCUT2D eigenvalue weighted by Crippen LogP contribution is 2.36. The maximum absolute atomic E-state index is 11.7. The van der Waals surface area contributed by atoms with Gasteiger partial charge in [0.2, 0.25) is 0 Å². The Morgan fingerprint density at radius 1 is 1.44 bits per heavy atom. The zero-order valence-electron chi connectivity index (χ0n) is 8.88. The van der Waals surface area contributed by atoms with Gasteiger partial charge < -0.3 is 9.84 Å². The molecule has 1 saturated carbocycles. The quantitative estimate of drug-likeness (QED) is 0.657. The van der Waals surface area contributed by atoms with Crippen molar-refractivity contribution in [3.8, 4) is 0 Å². The molecule has 0 saturated heterocycles. The normalized spacial score (nSPS) is 17.8. The smallest absolute Gasteiger partial charge is 0.322 e. The highest BCUT2D eigenvalue weighted by Gasteiger charge is 2.46. The van der Waals surface area contributed by atoms with Crippen LogP contribution in [-0.2, 0) is 24.2 Å². The number of carboxylic acids is 1. The van der Waals surface area contributed by atoms with Crippen LogP contribution in [0.4, 0.5) is 0 Å². The zero-order chi connectivity index (χ0) is 12.3. The van der Waals surface area contributed by atoms with E-state index >= 15 is 0 Å². The third kappa shape index (κ3) is 3.19. The van der Waals surface area contributed by atoms with E-state index in [1.54, 1.807) is 6.92 Å². The van der Waals surface area contributed by atoms with Crippen molar-refractivity contribution < 1.29 is 27.9 Å². The molecule has 0 amide bonds. The van der Waals surface area contributed by atoms with E-state index in [4.69, 9.17) is 5.11 Å². The average Bonchev–Trinajstić information content (AvgIpc) is 2.85. The molecule has 0 aromatic heterocycles. The van der Waals surface area contributed by atoms with Gasteiger partial charge in [-0.3, -0.25) is 9.59 Å². The van der Waals surface area contributed by atoms with Crippen molar-refractivity contribution in [1.29, 1.82) is 0 Å². The van der Waals surface area contributed by atoms with Crippen molar-refractivity contribution in [3.63, 3.8) is 0 Å². The lowest BCUT2D eigenvalue weighted by molar-refractivity contribution is -0.139. The van der Waals surface area contributed by atoms with Crippen LogP contribution in [0.25, 0.3) is 0 Å². The summed E-state index contributed by atoms with van der Waals surface area (Å²) in [4.78, 5) is 21.9. The first kappa shape index (κ1) is 13.0. The van der Waals surface area contributed by atoms with Crippen molar-refractivity contribution in [2.45, 2.75) is 25.0 Å². The Bertz CT molecular complexity index is 381. The lowest BCUT2D eigenvalue weighted by Crippen LogP contribution is -2.36. The van der Waals surface area contributed by atoms with E-state index in [-0.39, 0.29) is 12.5 Å². The molecule has 1 atom stereocenters. The lowest BCUT2D eigenvalue weighted by atomic mass is 10.3. The Balaban J connectivity index is 2.74. The van der Waals surface area contributed by atoms with Gasteiger partial charge in [0.05, 0.1) is 6.61 Å². The number of hydrogen-bond acceptors (Lipinski definition) is 5. The number of sulfone groups is 1. The zero-order valence-corrected chi connectivity index (χ0v) is 9.70. The molecular formula is C9H14O6S. The van der Waals surface area contributed by atoms with Crippen LogP contribution in [-0.4, -0.2) is 43.1 Å². The van der Waals surface area contributed by atoms with Gasteiger partial charge in [-0.2, -0.15) is 0 Å². The number of hydrogen-bond donors (Lipinski definition) is 1. The summed E-state index contributed by atoms with van der Waals surface area (Å²) in [5, 5.41) is 7.37. The highest BCUT2D eigenvalue weighted by molar-refractivity contribution is 7.93. The van der Waals surface area contributed by atoms with Gasteiger partial charge in [0.15, 0.2) is 15.1 Å². The molecule has 1 rings (SSSR count). The largest absolute Gasteiger partial charge is 0.480 e. The van der Waals surface area contributed by atoms with E-state index in [0.29, 0.717) is 12.8 Å². The summed E-state index contributed by atoms with van der Waals surface area (Å²) in [6, 6.07) is 0. The summed E-state index contributed by atoms with van der Waals surface area (Å²) in [7, 11) is -3.95. The van der Waals surface area contributed by atoms with Crippen molar-refractivity contribution in [1.82, 2.24) is 0 Å². The SMILES string of the molecule is CCOC(=O)CS(=O)(=O)C(C(=O)O)C1CC1. The summed E-state index contributed by atoms with van der Waals surface area (Å²) in [6.45, 7) is 1.63. The van der Waals surface area contributed by atoms with Crippen molar-refractivity contribution in [2.24, 2.45) is 5.92 Å². The molecule has 0 aliphatic heterocycles. The number of carbonyl (C=O) groups excluding carboxylic acids is 1. The summed E-state index contributed by atoms with van der Waals surface area (Å²) in [6.07, 6.45) is 1.16. The van der Waals surface area contributed by atoms with E-state index in [1.165, 1.54) is 0 Å². The number of carboxylic acid groups (broad SMARTS) is 1. The molecular weight excluding hydrogens is 236 g/mol. The molecule has 0 aromatic rings. The van der Waals surface area contributed by atoms with Crippen LogP contribution in [0, 0.1) is 5.92 Å². The Hall–Kier alpha value is -1.11. The molecule has 1 aliphatic carbocycles. The van der Waals surface area contributed by atoms with E-state index in [1.807, 2.05) is 0 Å². The Morgan fingerprint density at radius 3 is 2.38 bits per heavy atom. The predicted molar refractivity (Wildman–Crippen MR) is 54.6 cm³/mol. The molecule has 92 valence electrons. The second-order valence-electron chi connectivity index (χ2n) is 3.71. The second-order valence-corrected chi connectivity index (χ2v) is 5.83. The predicted octanol–water partition coefficient (Wildman–Crippen LogP) is -0.173. The van der Waals surface area contributed by atoms with Gasteiger partial charge in [-0.1, -0.05) is 0 Å². The summed E-state index contributed by atoms with van der Waals surface area (Å²) < 4.78 is 27.8. The van der Waals surface area contributed by atoms with E-state index in [9.17, 15) is 18.0 Å². The van der Waals surface area contributed by atoms with Gasteiger partial charge in [-0.25, -0.2) is 8.42 Å². The molecule has 0 heterocycles. The number of rotatable bonds is 6. The number of ether oxygens (including phenoxy) is 1. The molecule has 0 spiro atoms. The van der Waals surface area contributed by atoms with Gasteiger partial charge in [-0.15, -0.1) is 0 Å². The Morgan fingerprint density at radius 2 is 2.00 bits per heavy atom. The van der Waals surface area contributed by atoms with Gasteiger partial charge in [0.25, 0.3) is 0 Å². The topological polar surface area (TPSA) is 97.7 Å². The number of esters is 1. The molecule has 1 fully saturated rings. The van der Waals surface area contributed by atoms with Crippen LogP contribution in [0.5, 0.6) is 0 Å². The minimum absolute atomic E-state index is 0.0789. The first-order chi connectivity index (χ1) is 7.38. The molecule has 7 heteroatoms. The van der Waals surface area contributed by atoms with Crippen LogP contribution in [0.15, 0.2) is 0 Å². The third-order valence-corrected chi connectivity index (χ3v) is 4.30. The summed E-state index contributed by atoms with van der Waals surface area (Å²) >= 11 is 0. The molecule has 0 aromatic carbocycles. The van der Waals surface area contributed by atoms with E-state index < -0.39 is 32.8 Å². The van der Waals surface area contributed by atoms with Crippen molar-refractivity contribution >= 4 is 21.8 Å². The molecule has 1 unspecified atom stereocenters. The molecule has 1 aliphatic rings. The molecule has 16 heavy (non-hydrogen) atoms. The number of carbonyl (C=O) groups is 2. The van der Waals surface area contributed by atoms with Gasteiger partial charge in [-0.05, 0) is 25.7 Å². The standard InChI is InChI=1S/C9H14O6S/c1-2-15-7(10)5-16(13,14)8(9(11)12)6-3-4-6/h6,8H,2-5H2,1H3,(H,11,12). The van der Waals surface area contributed by atoms with Crippen LogP contribution < -0.4 is 0 Å². The van der Waals surface area contributed by atoms with E-state index in [0.717, 1.165) is 0 Å². The van der Waals surface area contributed by atoms with E-state index in [2.05, 4.69) is 4.74 Å². The first-order valence-electron chi connectivity index (χ1n) is 4.98. The van der Waals surface area contributed by atoms with Gasteiger partial charge in [0.1, 0.15) is 5.75 Å². The lowest BCUT2D eigenvalue weighted by Gasteiger charge is -2.11. The first-order valence-corrected chi connectivity index (χ1v) is 6.70. The van der Waals surface area contributed by atoms with Crippen LogP contribution in [0.1, 0.15) is 19.8 Å². The van der Waals surface area contributed by atoms with Crippen molar-refractivity contribution in [2.75, 3.05) is 12.4 Å². The molecule has 6 nitrogen and oxygen atoms in total. The van der Waals surface area contributed by atoms with Crippen LogP contribution in [0.3, 0.4) is 0 Å². The highest BCUT2D eigenvalue weighted by atomic mass is 32.2. The molecule has 1 N–H and O–H groups in total. The second kappa shape index (κ2) is 4.82. The Labute approximate surface area is 93.5 Å². The van der Waals surface area contributed by atoms with Crippen LogP contribution in [0.2, 0.25) is 0 Å². The molecule has 0 bridgehead atoms. The fourth-order valence-corrected chi connectivity index (χ4v) is 3.26. The maximum Gasteiger partial charge on any atom is 0.322 e. The molecule has 0 radical (unpaired) electrons. The fraction of sp³-hybridized carbons (Fsp3) is 0.778. The fourth-order valence-electron chi connectivity index (χ4n) is 1.50. The van der Waals surface area contributed by atoms with Crippen LogP contribution >= 0.6 is 0 Å². The van der Waals surface area contributed by atoms with Gasteiger partial charge >= 0.3 is 11.9 Å². The maximum atomic E-state index is 11.7. The van der Waals surface area contributed by atoms with Crippen molar-refractivity contribution in [3.05, 3.63) is 0 Å². The third-order valence-electron chi connectivity index (χ3n) is 2.30. The summed E-state index contributed by atoms with van der Waals surface area (Å²) in [5.74, 6) is -3.48.